The maximum Gasteiger partial charge on any atom is 0.310 e. The molecule has 1 aliphatic rings. The molecule has 2 atom stereocenters. The van der Waals surface area contributed by atoms with Crippen molar-refractivity contribution in [3.05, 3.63) is 23.8 Å². The molecule has 1 aromatic rings. The third-order valence-electron chi connectivity index (χ3n) is 3.84. The van der Waals surface area contributed by atoms with Crippen LogP contribution in [0, 0.1) is 5.92 Å². The smallest absolute Gasteiger partial charge is 0.310 e. The van der Waals surface area contributed by atoms with Crippen LogP contribution < -0.4 is 14.8 Å². The van der Waals surface area contributed by atoms with Crippen LogP contribution in [0.5, 0.6) is 11.5 Å². The lowest BCUT2D eigenvalue weighted by Gasteiger charge is -2.29. The Bertz CT molecular complexity index is 481. The maximum absolute atomic E-state index is 11.7. The van der Waals surface area contributed by atoms with Gasteiger partial charge < -0.3 is 19.5 Å². The van der Waals surface area contributed by atoms with Crippen LogP contribution in [0.1, 0.15) is 31.4 Å². The fourth-order valence-electron chi connectivity index (χ4n) is 2.67. The zero-order valence-corrected chi connectivity index (χ0v) is 12.8. The summed E-state index contributed by atoms with van der Waals surface area (Å²) in [5.74, 6) is 1.31. The number of methoxy groups -OCH3 is 2. The molecule has 0 bridgehead atoms. The number of piperidine rings is 1. The molecular formula is C16H23NO4. The molecule has 1 aromatic carbocycles. The lowest BCUT2D eigenvalue weighted by molar-refractivity contribution is -0.148. The van der Waals surface area contributed by atoms with Crippen molar-refractivity contribution in [1.82, 2.24) is 5.32 Å². The van der Waals surface area contributed by atoms with Crippen LogP contribution in [-0.2, 0) is 9.53 Å². The monoisotopic (exact) mass is 293 g/mol. The molecule has 21 heavy (non-hydrogen) atoms. The average molecular weight is 293 g/mol. The van der Waals surface area contributed by atoms with E-state index >= 15 is 0 Å². The van der Waals surface area contributed by atoms with Gasteiger partial charge in [-0.25, -0.2) is 0 Å². The van der Waals surface area contributed by atoms with Gasteiger partial charge in [0.25, 0.3) is 0 Å². The van der Waals surface area contributed by atoms with Gasteiger partial charge in [0.05, 0.1) is 26.7 Å². The number of carbonyl (C=O) groups excluding carboxylic acids is 1. The number of hydrogen-bond donors (Lipinski definition) is 1. The second-order valence-corrected chi connectivity index (χ2v) is 5.10. The number of ether oxygens (including phenoxy) is 3. The van der Waals surface area contributed by atoms with Gasteiger partial charge in [0.15, 0.2) is 11.5 Å². The number of esters is 1. The first-order valence-corrected chi connectivity index (χ1v) is 7.31. The van der Waals surface area contributed by atoms with Crippen LogP contribution in [0.15, 0.2) is 18.2 Å². The van der Waals surface area contributed by atoms with Gasteiger partial charge in [0, 0.05) is 12.6 Å². The van der Waals surface area contributed by atoms with E-state index in [9.17, 15) is 4.79 Å². The van der Waals surface area contributed by atoms with Gasteiger partial charge in [-0.1, -0.05) is 6.07 Å². The molecular weight excluding hydrogens is 270 g/mol. The minimum atomic E-state index is -0.101. The lowest BCUT2D eigenvalue weighted by atomic mass is 9.91. The molecule has 1 N–H and O–H groups in total. The van der Waals surface area contributed by atoms with Crippen molar-refractivity contribution in [2.24, 2.45) is 5.92 Å². The Morgan fingerprint density at radius 1 is 1.24 bits per heavy atom. The number of hydrogen-bond acceptors (Lipinski definition) is 5. The molecule has 5 heteroatoms. The number of nitrogens with one attached hydrogen (secondary N) is 1. The first kappa shape index (κ1) is 15.6. The molecule has 2 rings (SSSR count). The van der Waals surface area contributed by atoms with Crippen molar-refractivity contribution in [1.29, 1.82) is 0 Å². The highest BCUT2D eigenvalue weighted by molar-refractivity contribution is 5.72. The molecule has 1 heterocycles. The fourth-order valence-corrected chi connectivity index (χ4v) is 2.67. The zero-order chi connectivity index (χ0) is 15.2. The summed E-state index contributed by atoms with van der Waals surface area (Å²) in [5, 5.41) is 3.42. The Morgan fingerprint density at radius 2 is 2.00 bits per heavy atom. The summed E-state index contributed by atoms with van der Waals surface area (Å²) in [5.41, 5.74) is 1.15. The van der Waals surface area contributed by atoms with Crippen LogP contribution in [0.3, 0.4) is 0 Å². The Balaban J connectivity index is 2.00. The highest BCUT2D eigenvalue weighted by Gasteiger charge is 2.27. The van der Waals surface area contributed by atoms with Gasteiger partial charge in [-0.3, -0.25) is 4.79 Å². The van der Waals surface area contributed by atoms with E-state index in [-0.39, 0.29) is 17.9 Å². The summed E-state index contributed by atoms with van der Waals surface area (Å²) in [6.45, 7) is 2.92. The van der Waals surface area contributed by atoms with E-state index < -0.39 is 0 Å². The summed E-state index contributed by atoms with van der Waals surface area (Å²) in [4.78, 5) is 11.7. The SMILES string of the molecule is CCOC(=O)C1CCC(c2ccc(OC)c(OC)c2)NC1. The van der Waals surface area contributed by atoms with Crippen LogP contribution >= 0.6 is 0 Å². The largest absolute Gasteiger partial charge is 0.493 e. The van der Waals surface area contributed by atoms with Gasteiger partial charge >= 0.3 is 5.97 Å². The molecule has 116 valence electrons. The van der Waals surface area contributed by atoms with Crippen molar-refractivity contribution >= 4 is 5.97 Å². The minimum Gasteiger partial charge on any atom is -0.493 e. The van der Waals surface area contributed by atoms with Crippen LogP contribution in [0.2, 0.25) is 0 Å². The molecule has 1 fully saturated rings. The quantitative estimate of drug-likeness (QED) is 0.844. The van der Waals surface area contributed by atoms with Crippen molar-refractivity contribution in [3.63, 3.8) is 0 Å². The van der Waals surface area contributed by atoms with Crippen LogP contribution in [0.4, 0.5) is 0 Å². The lowest BCUT2D eigenvalue weighted by Crippen LogP contribution is -2.37. The molecule has 1 saturated heterocycles. The van der Waals surface area contributed by atoms with Crippen molar-refractivity contribution in [2.75, 3.05) is 27.4 Å². The highest BCUT2D eigenvalue weighted by atomic mass is 16.5. The molecule has 0 aromatic heterocycles. The normalized spacial score (nSPS) is 21.7. The van der Waals surface area contributed by atoms with E-state index in [4.69, 9.17) is 14.2 Å². The van der Waals surface area contributed by atoms with Gasteiger partial charge in [-0.15, -0.1) is 0 Å². The first-order valence-electron chi connectivity index (χ1n) is 7.31. The highest BCUT2D eigenvalue weighted by Crippen LogP contribution is 2.33. The molecule has 0 amide bonds. The van der Waals surface area contributed by atoms with E-state index in [2.05, 4.69) is 5.32 Å². The van der Waals surface area contributed by atoms with Crippen LogP contribution in [-0.4, -0.2) is 33.3 Å². The van der Waals surface area contributed by atoms with Crippen molar-refractivity contribution < 1.29 is 19.0 Å². The Hall–Kier alpha value is -1.75. The van der Waals surface area contributed by atoms with Crippen molar-refractivity contribution in [3.8, 4) is 11.5 Å². The maximum atomic E-state index is 11.7. The summed E-state index contributed by atoms with van der Waals surface area (Å²) in [7, 11) is 3.26. The van der Waals surface area contributed by atoms with Gasteiger partial charge in [0.2, 0.25) is 0 Å². The Kier molecular flexibility index (Phi) is 5.44. The zero-order valence-electron chi connectivity index (χ0n) is 12.8. The van der Waals surface area contributed by atoms with Crippen LogP contribution in [0.25, 0.3) is 0 Å². The summed E-state index contributed by atoms with van der Waals surface area (Å²) in [6.07, 6.45) is 1.74. The predicted octanol–water partition coefficient (Wildman–Crippen LogP) is 2.31. The van der Waals surface area contributed by atoms with Crippen molar-refractivity contribution in [2.45, 2.75) is 25.8 Å². The summed E-state index contributed by atoms with van der Waals surface area (Å²) >= 11 is 0. The molecule has 0 radical (unpaired) electrons. The molecule has 5 nitrogen and oxygen atoms in total. The second kappa shape index (κ2) is 7.31. The average Bonchev–Trinajstić information content (AvgIpc) is 2.54. The predicted molar refractivity (Wildman–Crippen MR) is 79.6 cm³/mol. The van der Waals surface area contributed by atoms with E-state index in [1.165, 1.54) is 0 Å². The first-order chi connectivity index (χ1) is 10.2. The molecule has 0 spiro atoms. The van der Waals surface area contributed by atoms with E-state index in [0.29, 0.717) is 13.2 Å². The minimum absolute atomic E-state index is 0.0404. The topological polar surface area (TPSA) is 56.8 Å². The fraction of sp³-hybridized carbons (Fsp3) is 0.562. The third kappa shape index (κ3) is 3.67. The second-order valence-electron chi connectivity index (χ2n) is 5.10. The number of benzene rings is 1. The molecule has 0 aliphatic carbocycles. The van der Waals surface area contributed by atoms with Gasteiger partial charge in [0.1, 0.15) is 0 Å². The Morgan fingerprint density at radius 3 is 2.57 bits per heavy atom. The standard InChI is InChI=1S/C16H23NO4/c1-4-21-16(18)12-5-7-13(17-10-12)11-6-8-14(19-2)15(9-11)20-3/h6,8-9,12-13,17H,4-5,7,10H2,1-3H3. The van der Waals surface area contributed by atoms with E-state index in [1.807, 2.05) is 25.1 Å². The molecule has 2 unspecified atom stereocenters. The number of carbonyl (C=O) groups is 1. The summed E-state index contributed by atoms with van der Waals surface area (Å²) in [6, 6.07) is 6.16. The van der Waals surface area contributed by atoms with Gasteiger partial charge in [-0.2, -0.15) is 0 Å². The Labute approximate surface area is 125 Å². The van der Waals surface area contributed by atoms with E-state index in [1.54, 1.807) is 14.2 Å². The third-order valence-corrected chi connectivity index (χ3v) is 3.84. The van der Waals surface area contributed by atoms with E-state index in [0.717, 1.165) is 29.9 Å². The summed E-state index contributed by atoms with van der Waals surface area (Å²) < 4.78 is 15.7. The number of rotatable bonds is 5. The molecule has 1 aliphatic heterocycles. The molecule has 0 saturated carbocycles. The van der Waals surface area contributed by atoms with Gasteiger partial charge in [-0.05, 0) is 37.5 Å².